The summed E-state index contributed by atoms with van der Waals surface area (Å²) in [7, 11) is 0. The summed E-state index contributed by atoms with van der Waals surface area (Å²) >= 11 is 0. The van der Waals surface area contributed by atoms with Gasteiger partial charge in [0.1, 0.15) is 11.6 Å². The Morgan fingerprint density at radius 3 is 2.80 bits per heavy atom. The largest absolute Gasteiger partial charge is 0.340 e. The molecule has 0 atom stereocenters. The highest BCUT2D eigenvalue weighted by atomic mass is 15.1. The van der Waals surface area contributed by atoms with Crippen LogP contribution in [0.25, 0.3) is 0 Å². The van der Waals surface area contributed by atoms with Gasteiger partial charge in [-0.05, 0) is 31.2 Å². The Balaban J connectivity index is 1.93. The molecule has 1 aromatic heterocycles. The SMILES string of the molecule is Cc1nc2c(c(Nc3ccc(C#N)cc3)n1)CNCC2. The second-order valence-electron chi connectivity index (χ2n) is 4.79. The number of hydrogen-bond donors (Lipinski definition) is 2. The van der Waals surface area contributed by atoms with Gasteiger partial charge in [-0.25, -0.2) is 9.97 Å². The fourth-order valence-corrected chi connectivity index (χ4v) is 2.33. The zero-order valence-corrected chi connectivity index (χ0v) is 11.3. The van der Waals surface area contributed by atoms with Crippen LogP contribution in [-0.4, -0.2) is 16.5 Å². The maximum absolute atomic E-state index is 8.81. The van der Waals surface area contributed by atoms with Crippen molar-refractivity contribution in [2.75, 3.05) is 11.9 Å². The Morgan fingerprint density at radius 1 is 1.25 bits per heavy atom. The predicted molar refractivity (Wildman–Crippen MR) is 76.6 cm³/mol. The third kappa shape index (κ3) is 2.46. The van der Waals surface area contributed by atoms with Gasteiger partial charge >= 0.3 is 0 Å². The molecule has 20 heavy (non-hydrogen) atoms. The molecule has 2 heterocycles. The van der Waals surface area contributed by atoms with Crippen molar-refractivity contribution in [3.05, 3.63) is 46.9 Å². The Labute approximate surface area is 117 Å². The molecule has 2 N–H and O–H groups in total. The smallest absolute Gasteiger partial charge is 0.138 e. The molecule has 0 radical (unpaired) electrons. The second-order valence-corrected chi connectivity index (χ2v) is 4.79. The van der Waals surface area contributed by atoms with Crippen molar-refractivity contribution in [1.82, 2.24) is 15.3 Å². The van der Waals surface area contributed by atoms with Gasteiger partial charge in [0.15, 0.2) is 0 Å². The van der Waals surface area contributed by atoms with Crippen LogP contribution in [-0.2, 0) is 13.0 Å². The lowest BCUT2D eigenvalue weighted by Gasteiger charge is -2.20. The van der Waals surface area contributed by atoms with Gasteiger partial charge in [0.2, 0.25) is 0 Å². The molecule has 0 spiro atoms. The van der Waals surface area contributed by atoms with E-state index in [2.05, 4.69) is 26.7 Å². The highest BCUT2D eigenvalue weighted by molar-refractivity contribution is 5.61. The van der Waals surface area contributed by atoms with Crippen LogP contribution in [0.1, 0.15) is 22.6 Å². The molecule has 0 aliphatic carbocycles. The summed E-state index contributed by atoms with van der Waals surface area (Å²) in [6.07, 6.45) is 0.931. The van der Waals surface area contributed by atoms with Crippen molar-refractivity contribution in [2.24, 2.45) is 0 Å². The van der Waals surface area contributed by atoms with Crippen LogP contribution >= 0.6 is 0 Å². The molecule has 1 aliphatic heterocycles. The number of benzene rings is 1. The van der Waals surface area contributed by atoms with Gasteiger partial charge in [-0.1, -0.05) is 0 Å². The molecule has 0 fully saturated rings. The molecule has 0 saturated heterocycles. The van der Waals surface area contributed by atoms with Gasteiger partial charge in [-0.2, -0.15) is 5.26 Å². The zero-order valence-electron chi connectivity index (χ0n) is 11.3. The molecule has 0 unspecified atom stereocenters. The highest BCUT2D eigenvalue weighted by Gasteiger charge is 2.16. The van der Waals surface area contributed by atoms with Crippen LogP contribution in [0.3, 0.4) is 0 Å². The molecule has 0 saturated carbocycles. The number of nitrogens with zero attached hydrogens (tertiary/aromatic N) is 3. The average molecular weight is 265 g/mol. The van der Waals surface area contributed by atoms with Crippen molar-refractivity contribution >= 4 is 11.5 Å². The van der Waals surface area contributed by atoms with E-state index in [1.54, 1.807) is 12.1 Å². The molecule has 1 aromatic carbocycles. The summed E-state index contributed by atoms with van der Waals surface area (Å²) in [4.78, 5) is 9.01. The number of rotatable bonds is 2. The fourth-order valence-electron chi connectivity index (χ4n) is 2.33. The number of aromatic nitrogens is 2. The quantitative estimate of drug-likeness (QED) is 0.869. The lowest BCUT2D eigenvalue weighted by molar-refractivity contribution is 0.625. The van der Waals surface area contributed by atoms with E-state index in [1.807, 2.05) is 19.1 Å². The minimum absolute atomic E-state index is 0.651. The van der Waals surface area contributed by atoms with Gasteiger partial charge in [0.05, 0.1) is 17.3 Å². The minimum Gasteiger partial charge on any atom is -0.340 e. The zero-order chi connectivity index (χ0) is 13.9. The van der Waals surface area contributed by atoms with E-state index < -0.39 is 0 Å². The van der Waals surface area contributed by atoms with E-state index in [0.717, 1.165) is 48.1 Å². The van der Waals surface area contributed by atoms with Gasteiger partial charge in [-0.3, -0.25) is 0 Å². The highest BCUT2D eigenvalue weighted by Crippen LogP contribution is 2.23. The van der Waals surface area contributed by atoms with Gasteiger partial charge in [0.25, 0.3) is 0 Å². The van der Waals surface area contributed by atoms with E-state index in [9.17, 15) is 0 Å². The van der Waals surface area contributed by atoms with Crippen molar-refractivity contribution in [2.45, 2.75) is 19.9 Å². The van der Waals surface area contributed by atoms with Crippen LogP contribution in [0.4, 0.5) is 11.5 Å². The molecule has 1 aliphatic rings. The van der Waals surface area contributed by atoms with Crippen LogP contribution in [0.2, 0.25) is 0 Å². The first-order valence-corrected chi connectivity index (χ1v) is 6.60. The van der Waals surface area contributed by atoms with Gasteiger partial charge in [0, 0.05) is 30.8 Å². The molecular weight excluding hydrogens is 250 g/mol. The third-order valence-electron chi connectivity index (χ3n) is 3.32. The number of nitrogens with one attached hydrogen (secondary N) is 2. The number of anilines is 2. The van der Waals surface area contributed by atoms with Crippen LogP contribution < -0.4 is 10.6 Å². The summed E-state index contributed by atoms with van der Waals surface area (Å²) in [5.74, 6) is 1.63. The monoisotopic (exact) mass is 265 g/mol. The number of aryl methyl sites for hydroxylation is 1. The summed E-state index contributed by atoms with van der Waals surface area (Å²) < 4.78 is 0. The molecule has 5 heteroatoms. The maximum Gasteiger partial charge on any atom is 0.138 e. The Hall–Kier alpha value is -2.45. The first-order valence-electron chi connectivity index (χ1n) is 6.60. The third-order valence-corrected chi connectivity index (χ3v) is 3.32. The average Bonchev–Trinajstić information content (AvgIpc) is 2.48. The number of nitriles is 1. The standard InChI is InChI=1S/C15H15N5/c1-10-18-14-6-7-17-9-13(14)15(19-10)20-12-4-2-11(8-16)3-5-12/h2-5,17H,6-7,9H2,1H3,(H,18,19,20). The Morgan fingerprint density at radius 2 is 2.05 bits per heavy atom. The lowest BCUT2D eigenvalue weighted by atomic mass is 10.1. The molecule has 0 amide bonds. The van der Waals surface area contributed by atoms with Gasteiger partial charge in [-0.15, -0.1) is 0 Å². The fraction of sp³-hybridized carbons (Fsp3) is 0.267. The van der Waals surface area contributed by atoms with E-state index >= 15 is 0 Å². The molecule has 3 rings (SSSR count). The predicted octanol–water partition coefficient (Wildman–Crippen LogP) is 2.05. The summed E-state index contributed by atoms with van der Waals surface area (Å²) in [5.41, 5.74) is 3.83. The van der Waals surface area contributed by atoms with E-state index in [0.29, 0.717) is 5.56 Å². The summed E-state index contributed by atoms with van der Waals surface area (Å²) in [6, 6.07) is 9.47. The van der Waals surface area contributed by atoms with E-state index in [1.165, 1.54) is 0 Å². The molecule has 100 valence electrons. The number of fused-ring (bicyclic) bond motifs is 1. The molecule has 5 nitrogen and oxygen atoms in total. The van der Waals surface area contributed by atoms with Crippen molar-refractivity contribution < 1.29 is 0 Å². The summed E-state index contributed by atoms with van der Waals surface area (Å²) in [5, 5.41) is 15.5. The lowest BCUT2D eigenvalue weighted by Crippen LogP contribution is -2.26. The first-order chi connectivity index (χ1) is 9.76. The van der Waals surface area contributed by atoms with E-state index in [-0.39, 0.29) is 0 Å². The number of hydrogen-bond acceptors (Lipinski definition) is 5. The van der Waals surface area contributed by atoms with Gasteiger partial charge < -0.3 is 10.6 Å². The topological polar surface area (TPSA) is 73.6 Å². The first kappa shape index (κ1) is 12.6. The van der Waals surface area contributed by atoms with Crippen molar-refractivity contribution in [1.29, 1.82) is 5.26 Å². The molecular formula is C15H15N5. The van der Waals surface area contributed by atoms with E-state index in [4.69, 9.17) is 5.26 Å². The Kier molecular flexibility index (Phi) is 3.32. The molecule has 2 aromatic rings. The van der Waals surface area contributed by atoms with Crippen LogP contribution in [0, 0.1) is 18.3 Å². The second kappa shape index (κ2) is 5.27. The minimum atomic E-state index is 0.651. The summed E-state index contributed by atoms with van der Waals surface area (Å²) in [6.45, 7) is 3.65. The van der Waals surface area contributed by atoms with Crippen molar-refractivity contribution in [3.8, 4) is 6.07 Å². The van der Waals surface area contributed by atoms with Crippen LogP contribution in [0.15, 0.2) is 24.3 Å². The van der Waals surface area contributed by atoms with Crippen molar-refractivity contribution in [3.63, 3.8) is 0 Å². The maximum atomic E-state index is 8.81. The normalized spacial score (nSPS) is 13.4. The Bertz CT molecular complexity index is 670. The van der Waals surface area contributed by atoms with Crippen LogP contribution in [0.5, 0.6) is 0 Å². The molecule has 0 bridgehead atoms.